The van der Waals surface area contributed by atoms with E-state index in [1.165, 1.54) is 6.07 Å². The standard InChI is InChI=1S/C14H9NO5/c16-13-11-7-4-5-8(12(11)14(17)20-13)10-6(7)2-1-3-9(10)15(18)19/h1-5,7-8,11-12H/t7-,8-,11+,12+/m0/s1. The third kappa shape index (κ3) is 1.18. The van der Waals surface area contributed by atoms with Crippen LogP contribution in [0.4, 0.5) is 5.69 Å². The summed E-state index contributed by atoms with van der Waals surface area (Å²) < 4.78 is 4.73. The summed E-state index contributed by atoms with van der Waals surface area (Å²) in [5.74, 6) is -2.99. The van der Waals surface area contributed by atoms with Crippen LogP contribution in [0.25, 0.3) is 0 Å². The monoisotopic (exact) mass is 271 g/mol. The van der Waals surface area contributed by atoms with Crippen molar-refractivity contribution in [2.24, 2.45) is 11.8 Å². The maximum Gasteiger partial charge on any atom is 0.318 e. The molecule has 5 rings (SSSR count). The Morgan fingerprint density at radius 2 is 1.70 bits per heavy atom. The van der Waals surface area contributed by atoms with Crippen molar-refractivity contribution in [3.8, 4) is 0 Å². The number of nitrogens with zero attached hydrogens (tertiary/aromatic N) is 1. The molecule has 4 atom stereocenters. The van der Waals surface area contributed by atoms with Gasteiger partial charge < -0.3 is 4.74 Å². The summed E-state index contributed by atoms with van der Waals surface area (Å²) in [6.07, 6.45) is 3.65. The van der Waals surface area contributed by atoms with E-state index in [0.29, 0.717) is 5.56 Å². The minimum atomic E-state index is -0.619. The maximum absolute atomic E-state index is 11.9. The van der Waals surface area contributed by atoms with E-state index in [-0.39, 0.29) is 11.6 Å². The zero-order chi connectivity index (χ0) is 14.0. The SMILES string of the molecule is O=C1OC(=O)[C@H]2[C@H]1[C@H]1C=C[C@H]2c2c1cccc2[N+](=O)[O-]. The highest BCUT2D eigenvalue weighted by atomic mass is 16.6. The number of rotatable bonds is 1. The average Bonchev–Trinajstić information content (AvgIpc) is 2.76. The number of ether oxygens (including phenoxy) is 1. The molecule has 0 saturated carbocycles. The first-order chi connectivity index (χ1) is 9.59. The number of hydrogen-bond acceptors (Lipinski definition) is 5. The molecule has 0 unspecified atom stereocenters. The van der Waals surface area contributed by atoms with Gasteiger partial charge in [0.25, 0.3) is 5.69 Å². The number of esters is 2. The number of benzene rings is 1. The van der Waals surface area contributed by atoms with E-state index < -0.39 is 34.6 Å². The topological polar surface area (TPSA) is 86.5 Å². The lowest BCUT2D eigenvalue weighted by Crippen LogP contribution is -2.37. The Morgan fingerprint density at radius 3 is 2.40 bits per heavy atom. The molecule has 3 aliphatic carbocycles. The fourth-order valence-corrected chi connectivity index (χ4v) is 3.70. The van der Waals surface area contributed by atoms with Gasteiger partial charge in [0.1, 0.15) is 0 Å². The minimum absolute atomic E-state index is 0.00690. The second kappa shape index (κ2) is 3.53. The van der Waals surface area contributed by atoms with Crippen LogP contribution in [0.3, 0.4) is 0 Å². The first-order valence-corrected chi connectivity index (χ1v) is 6.30. The van der Waals surface area contributed by atoms with Crippen LogP contribution in [0.1, 0.15) is 23.0 Å². The molecule has 0 radical (unpaired) electrons. The van der Waals surface area contributed by atoms with Crippen LogP contribution >= 0.6 is 0 Å². The number of nitro benzene ring substituents is 1. The van der Waals surface area contributed by atoms with E-state index in [1.54, 1.807) is 18.2 Å². The summed E-state index contributed by atoms with van der Waals surface area (Å²) in [6, 6.07) is 4.84. The maximum atomic E-state index is 11.9. The van der Waals surface area contributed by atoms with Gasteiger partial charge in [0, 0.05) is 23.5 Å². The molecule has 0 N–H and O–H groups in total. The fourth-order valence-electron chi connectivity index (χ4n) is 3.70. The quantitative estimate of drug-likeness (QED) is 0.255. The lowest BCUT2D eigenvalue weighted by Gasteiger charge is -2.38. The predicted octanol–water partition coefficient (Wildman–Crippen LogP) is 1.66. The van der Waals surface area contributed by atoms with Crippen LogP contribution < -0.4 is 0 Å². The molecule has 4 aliphatic rings. The Bertz CT molecular complexity index is 708. The molecule has 6 nitrogen and oxygen atoms in total. The third-order valence-corrected chi connectivity index (χ3v) is 4.44. The van der Waals surface area contributed by atoms with Gasteiger partial charge in [-0.1, -0.05) is 24.3 Å². The number of carbonyl (C=O) groups is 2. The van der Waals surface area contributed by atoms with Gasteiger partial charge in [-0.3, -0.25) is 19.7 Å². The van der Waals surface area contributed by atoms with Crippen LogP contribution in [0.5, 0.6) is 0 Å². The predicted molar refractivity (Wildman–Crippen MR) is 65.8 cm³/mol. The van der Waals surface area contributed by atoms with Gasteiger partial charge in [0.15, 0.2) is 0 Å². The van der Waals surface area contributed by atoms with E-state index >= 15 is 0 Å². The van der Waals surface area contributed by atoms with Crippen LogP contribution in [0.15, 0.2) is 30.4 Å². The summed E-state index contributed by atoms with van der Waals surface area (Å²) in [7, 11) is 0. The van der Waals surface area contributed by atoms with Gasteiger partial charge >= 0.3 is 11.9 Å². The highest BCUT2D eigenvalue weighted by Gasteiger charge is 2.58. The highest BCUT2D eigenvalue weighted by Crippen LogP contribution is 2.56. The summed E-state index contributed by atoms with van der Waals surface area (Å²) >= 11 is 0. The number of cyclic esters (lactones) is 2. The first-order valence-electron chi connectivity index (χ1n) is 6.30. The van der Waals surface area contributed by atoms with Crippen molar-refractivity contribution in [2.45, 2.75) is 11.8 Å². The molecular formula is C14H9NO5. The lowest BCUT2D eigenvalue weighted by atomic mass is 9.60. The lowest BCUT2D eigenvalue weighted by molar-refractivity contribution is -0.385. The number of hydrogen-bond donors (Lipinski definition) is 0. The first kappa shape index (κ1) is 11.3. The van der Waals surface area contributed by atoms with Gasteiger partial charge in [-0.2, -0.15) is 0 Å². The largest absolute Gasteiger partial charge is 0.393 e. The zero-order valence-electron chi connectivity index (χ0n) is 10.2. The minimum Gasteiger partial charge on any atom is -0.393 e. The number of allylic oxidation sites excluding steroid dienone is 2. The van der Waals surface area contributed by atoms with Gasteiger partial charge in [-0.25, -0.2) is 0 Å². The summed E-state index contributed by atoms with van der Waals surface area (Å²) in [5, 5.41) is 11.2. The number of carbonyl (C=O) groups excluding carboxylic acids is 2. The zero-order valence-corrected chi connectivity index (χ0v) is 10.2. The summed E-state index contributed by atoms with van der Waals surface area (Å²) in [5.41, 5.74) is 1.32. The van der Waals surface area contributed by atoms with Crippen molar-refractivity contribution >= 4 is 17.6 Å². The van der Waals surface area contributed by atoms with E-state index in [4.69, 9.17) is 4.74 Å². The molecule has 20 heavy (non-hydrogen) atoms. The Kier molecular flexibility index (Phi) is 2.00. The van der Waals surface area contributed by atoms with Crippen LogP contribution in [-0.2, 0) is 14.3 Å². The van der Waals surface area contributed by atoms with Gasteiger partial charge in [-0.15, -0.1) is 0 Å². The van der Waals surface area contributed by atoms with Crippen molar-refractivity contribution < 1.29 is 19.2 Å². The smallest absolute Gasteiger partial charge is 0.318 e. The van der Waals surface area contributed by atoms with Gasteiger partial charge in [0.05, 0.1) is 16.8 Å². The Hall–Kier alpha value is -2.50. The molecule has 1 aromatic carbocycles. The van der Waals surface area contributed by atoms with Crippen molar-refractivity contribution in [3.05, 3.63) is 51.6 Å². The second-order valence-electron chi connectivity index (χ2n) is 5.27. The van der Waals surface area contributed by atoms with Gasteiger partial charge in [-0.05, 0) is 5.56 Å². The highest BCUT2D eigenvalue weighted by molar-refractivity contribution is 5.99. The van der Waals surface area contributed by atoms with Crippen LogP contribution in [0.2, 0.25) is 0 Å². The Morgan fingerprint density at radius 1 is 1.05 bits per heavy atom. The van der Waals surface area contributed by atoms with E-state index in [9.17, 15) is 19.7 Å². The molecule has 1 heterocycles. The molecule has 1 fully saturated rings. The van der Waals surface area contributed by atoms with E-state index in [2.05, 4.69) is 0 Å². The number of nitro groups is 1. The molecule has 0 amide bonds. The van der Waals surface area contributed by atoms with E-state index in [0.717, 1.165) is 5.56 Å². The third-order valence-electron chi connectivity index (χ3n) is 4.44. The molecule has 0 spiro atoms. The molecule has 2 bridgehead atoms. The Balaban J connectivity index is 1.98. The second-order valence-corrected chi connectivity index (χ2v) is 5.27. The summed E-state index contributed by atoms with van der Waals surface area (Å²) in [6.45, 7) is 0. The molecule has 100 valence electrons. The van der Waals surface area contributed by atoms with Crippen molar-refractivity contribution in [1.29, 1.82) is 0 Å². The molecular weight excluding hydrogens is 262 g/mol. The molecule has 6 heteroatoms. The summed E-state index contributed by atoms with van der Waals surface area (Å²) in [4.78, 5) is 34.4. The van der Waals surface area contributed by atoms with E-state index in [1.807, 2.05) is 6.08 Å². The molecule has 1 aromatic rings. The fraction of sp³-hybridized carbons (Fsp3) is 0.286. The molecule has 1 saturated heterocycles. The van der Waals surface area contributed by atoms with Crippen molar-refractivity contribution in [1.82, 2.24) is 0 Å². The molecule has 1 aliphatic heterocycles. The normalized spacial score (nSPS) is 32.8. The average molecular weight is 271 g/mol. The van der Waals surface area contributed by atoms with Crippen LogP contribution in [0, 0.1) is 22.0 Å². The van der Waals surface area contributed by atoms with Gasteiger partial charge in [0.2, 0.25) is 0 Å². The van der Waals surface area contributed by atoms with Crippen molar-refractivity contribution in [2.75, 3.05) is 0 Å². The van der Waals surface area contributed by atoms with Crippen LogP contribution in [-0.4, -0.2) is 16.9 Å². The Labute approximate surface area is 113 Å². The molecule has 0 aromatic heterocycles. The van der Waals surface area contributed by atoms with Crippen molar-refractivity contribution in [3.63, 3.8) is 0 Å².